The average Bonchev–Trinajstić information content (AvgIpc) is 3.56. The fourth-order valence-electron chi connectivity index (χ4n) is 5.16. The van der Waals surface area contributed by atoms with Crippen LogP contribution in [-0.2, 0) is 9.53 Å². The number of nitrogens with one attached hydrogen (secondary N) is 2. The number of likely N-dealkylation sites (tertiary alicyclic amines) is 1. The third-order valence-corrected chi connectivity index (χ3v) is 8.09. The number of benzene rings is 2. The molecule has 4 aromatic rings. The van der Waals surface area contributed by atoms with Crippen LogP contribution < -0.4 is 20.3 Å². The van der Waals surface area contributed by atoms with Crippen LogP contribution >= 0.6 is 11.3 Å². The number of pyridine rings is 1. The number of urea groups is 1. The number of ether oxygens (including phenoxy) is 2. The van der Waals surface area contributed by atoms with Gasteiger partial charge in [-0.1, -0.05) is 29.5 Å². The zero-order valence-electron chi connectivity index (χ0n) is 23.8. The highest BCUT2D eigenvalue weighted by Crippen LogP contribution is 2.49. The summed E-state index contributed by atoms with van der Waals surface area (Å²) in [5.41, 5.74) is 2.15. The number of hydrogen-bond acceptors (Lipinski definition) is 7. The summed E-state index contributed by atoms with van der Waals surface area (Å²) in [6.07, 6.45) is 1.76. The maximum atomic E-state index is 13.5. The maximum absolute atomic E-state index is 13.5. The molecule has 2 N–H and O–H groups in total. The predicted molar refractivity (Wildman–Crippen MR) is 163 cm³/mol. The van der Waals surface area contributed by atoms with Gasteiger partial charge >= 0.3 is 12.1 Å². The predicted octanol–water partition coefficient (Wildman–Crippen LogP) is 7.28. The molecule has 216 valence electrons. The van der Waals surface area contributed by atoms with Crippen LogP contribution in [0.4, 0.5) is 31.7 Å². The Bertz CT molecular complexity index is 1700. The van der Waals surface area contributed by atoms with Crippen LogP contribution in [0.2, 0.25) is 0 Å². The number of anilines is 4. The average molecular weight is 586 g/mol. The number of carbonyl (C=O) groups excluding carboxylic acids is 3. The SMILES string of the molecule is Cc1cc(Oc2ccccc2)ccc1N1C(=O)Nc2c(NC(=O)C3CCN(C(=O)OC(C)(C)C)C3)sc3nccc1c23. The Kier molecular flexibility index (Phi) is 6.97. The van der Waals surface area contributed by atoms with E-state index in [4.69, 9.17) is 9.47 Å². The molecule has 1 fully saturated rings. The standard InChI is InChI=1S/C31H31N5O5S/c1-18-16-21(40-20-8-6-5-7-9-20)10-11-22(18)36-23-12-14-32-27-24(23)25(33-29(36)38)28(42-27)34-26(37)19-13-15-35(17-19)30(39)41-31(2,3)4/h5-12,14,16,19H,13,15,17H2,1-4H3,(H,33,38)(H,34,37). The second kappa shape index (κ2) is 10.6. The molecule has 2 aliphatic rings. The number of aromatic nitrogens is 1. The Morgan fingerprint density at radius 1 is 1.07 bits per heavy atom. The van der Waals surface area contributed by atoms with Gasteiger partial charge in [0.25, 0.3) is 0 Å². The minimum Gasteiger partial charge on any atom is -0.457 e. The summed E-state index contributed by atoms with van der Waals surface area (Å²) >= 11 is 1.30. The molecule has 2 aromatic carbocycles. The third-order valence-electron chi connectivity index (χ3n) is 7.08. The van der Waals surface area contributed by atoms with Crippen molar-refractivity contribution >= 4 is 61.6 Å². The lowest BCUT2D eigenvalue weighted by atomic mass is 10.1. The Morgan fingerprint density at radius 3 is 2.60 bits per heavy atom. The smallest absolute Gasteiger partial charge is 0.410 e. The van der Waals surface area contributed by atoms with E-state index in [1.807, 2.05) is 76.2 Å². The maximum Gasteiger partial charge on any atom is 0.410 e. The van der Waals surface area contributed by atoms with E-state index in [1.54, 1.807) is 22.1 Å². The summed E-state index contributed by atoms with van der Waals surface area (Å²) in [5.74, 6) is 0.784. The number of hydrogen-bond donors (Lipinski definition) is 2. The molecule has 1 unspecified atom stereocenters. The zero-order valence-corrected chi connectivity index (χ0v) is 24.6. The number of amides is 4. The van der Waals surface area contributed by atoms with Crippen molar-refractivity contribution in [2.75, 3.05) is 28.6 Å². The molecule has 0 radical (unpaired) electrons. The van der Waals surface area contributed by atoms with Crippen molar-refractivity contribution in [3.05, 3.63) is 66.4 Å². The van der Waals surface area contributed by atoms with E-state index in [9.17, 15) is 14.4 Å². The fourth-order valence-corrected chi connectivity index (χ4v) is 6.18. The number of carbonyl (C=O) groups is 3. The van der Waals surface area contributed by atoms with Crippen LogP contribution in [0, 0.1) is 12.8 Å². The lowest BCUT2D eigenvalue weighted by Crippen LogP contribution is -2.36. The Labute approximate surface area is 247 Å². The van der Waals surface area contributed by atoms with Gasteiger partial charge in [0.1, 0.15) is 26.9 Å². The largest absolute Gasteiger partial charge is 0.457 e. The Morgan fingerprint density at radius 2 is 1.86 bits per heavy atom. The van der Waals surface area contributed by atoms with Crippen molar-refractivity contribution in [2.45, 2.75) is 39.7 Å². The van der Waals surface area contributed by atoms with Gasteiger partial charge in [-0.25, -0.2) is 14.6 Å². The van der Waals surface area contributed by atoms with Gasteiger partial charge in [0.2, 0.25) is 5.91 Å². The minimum atomic E-state index is -0.607. The monoisotopic (exact) mass is 585 g/mol. The molecular formula is C31H31N5O5S. The quantitative estimate of drug-likeness (QED) is 0.255. The number of thiophene rings is 1. The van der Waals surface area contributed by atoms with Gasteiger partial charge in [-0.05, 0) is 76.1 Å². The molecule has 0 bridgehead atoms. The normalized spacial score (nSPS) is 16.4. The van der Waals surface area contributed by atoms with Crippen molar-refractivity contribution in [2.24, 2.45) is 5.92 Å². The summed E-state index contributed by atoms with van der Waals surface area (Å²) in [6, 6.07) is 16.5. The summed E-state index contributed by atoms with van der Waals surface area (Å²) in [7, 11) is 0. The molecule has 2 aromatic heterocycles. The van der Waals surface area contributed by atoms with E-state index < -0.39 is 17.6 Å². The fraction of sp³-hybridized carbons (Fsp3) is 0.290. The van der Waals surface area contributed by atoms with E-state index in [0.717, 1.165) is 16.7 Å². The topological polar surface area (TPSA) is 113 Å². The molecule has 6 rings (SSSR count). The van der Waals surface area contributed by atoms with Gasteiger partial charge in [0.15, 0.2) is 0 Å². The second-order valence-corrected chi connectivity index (χ2v) is 12.3. The molecule has 10 nitrogen and oxygen atoms in total. The number of aryl methyl sites for hydroxylation is 1. The molecule has 1 atom stereocenters. The van der Waals surface area contributed by atoms with Crippen LogP contribution in [0.3, 0.4) is 0 Å². The van der Waals surface area contributed by atoms with E-state index in [-0.39, 0.29) is 18.5 Å². The van der Waals surface area contributed by atoms with Crippen LogP contribution in [0.15, 0.2) is 60.8 Å². The Balaban J connectivity index is 1.24. The minimum absolute atomic E-state index is 0.216. The molecule has 2 aliphatic heterocycles. The number of para-hydroxylation sites is 1. The Hall–Kier alpha value is -4.64. The van der Waals surface area contributed by atoms with Crippen molar-refractivity contribution in [1.29, 1.82) is 0 Å². The molecule has 1 saturated heterocycles. The van der Waals surface area contributed by atoms with E-state index in [0.29, 0.717) is 45.6 Å². The second-order valence-electron chi connectivity index (χ2n) is 11.3. The van der Waals surface area contributed by atoms with Crippen LogP contribution in [0.5, 0.6) is 11.5 Å². The first-order valence-corrected chi connectivity index (χ1v) is 14.5. The molecule has 0 aliphatic carbocycles. The first-order chi connectivity index (χ1) is 20.1. The summed E-state index contributed by atoms with van der Waals surface area (Å²) in [6.45, 7) is 8.08. The van der Waals surface area contributed by atoms with Crippen molar-refractivity contribution < 1.29 is 23.9 Å². The van der Waals surface area contributed by atoms with Gasteiger partial charge in [-0.2, -0.15) is 0 Å². The van der Waals surface area contributed by atoms with Gasteiger partial charge < -0.3 is 25.0 Å². The van der Waals surface area contributed by atoms with Crippen LogP contribution in [0.25, 0.3) is 10.2 Å². The van der Waals surface area contributed by atoms with Crippen molar-refractivity contribution in [3.8, 4) is 11.5 Å². The van der Waals surface area contributed by atoms with E-state index in [2.05, 4.69) is 15.6 Å². The molecule has 0 saturated carbocycles. The molecular weight excluding hydrogens is 554 g/mol. The van der Waals surface area contributed by atoms with Gasteiger partial charge in [-0.15, -0.1) is 0 Å². The van der Waals surface area contributed by atoms with Gasteiger partial charge in [-0.3, -0.25) is 9.69 Å². The summed E-state index contributed by atoms with van der Waals surface area (Å²) in [5, 5.41) is 7.24. The van der Waals surface area contributed by atoms with Crippen LogP contribution in [-0.4, -0.2) is 46.6 Å². The third kappa shape index (κ3) is 5.35. The molecule has 0 spiro atoms. The van der Waals surface area contributed by atoms with Crippen molar-refractivity contribution in [3.63, 3.8) is 0 Å². The molecule has 11 heteroatoms. The summed E-state index contributed by atoms with van der Waals surface area (Å²) < 4.78 is 11.4. The summed E-state index contributed by atoms with van der Waals surface area (Å²) in [4.78, 5) is 47.6. The number of nitrogens with zero attached hydrogens (tertiary/aromatic N) is 3. The highest BCUT2D eigenvalue weighted by Gasteiger charge is 2.36. The highest BCUT2D eigenvalue weighted by atomic mass is 32.1. The first-order valence-electron chi connectivity index (χ1n) is 13.7. The van der Waals surface area contributed by atoms with Gasteiger partial charge in [0, 0.05) is 19.3 Å². The van der Waals surface area contributed by atoms with Crippen LogP contribution in [0.1, 0.15) is 32.8 Å². The van der Waals surface area contributed by atoms with Gasteiger partial charge in [0.05, 0.1) is 28.4 Å². The van der Waals surface area contributed by atoms with E-state index in [1.165, 1.54) is 11.3 Å². The number of rotatable bonds is 5. The van der Waals surface area contributed by atoms with E-state index >= 15 is 0 Å². The molecule has 42 heavy (non-hydrogen) atoms. The first kappa shape index (κ1) is 27.5. The molecule has 4 amide bonds. The highest BCUT2D eigenvalue weighted by molar-refractivity contribution is 7.23. The zero-order chi connectivity index (χ0) is 29.6. The molecule has 4 heterocycles. The van der Waals surface area contributed by atoms with Crippen molar-refractivity contribution in [1.82, 2.24) is 9.88 Å². The lowest BCUT2D eigenvalue weighted by molar-refractivity contribution is -0.119. The lowest BCUT2D eigenvalue weighted by Gasteiger charge is -2.29.